The van der Waals surface area contributed by atoms with Gasteiger partial charge in [-0.25, -0.2) is 0 Å². The van der Waals surface area contributed by atoms with Crippen molar-refractivity contribution in [2.75, 3.05) is 6.54 Å². The van der Waals surface area contributed by atoms with Crippen LogP contribution in [0.15, 0.2) is 60.7 Å². The fourth-order valence-corrected chi connectivity index (χ4v) is 2.36. The molecule has 0 bridgehead atoms. The van der Waals surface area contributed by atoms with Gasteiger partial charge in [-0.05, 0) is 11.1 Å². The van der Waals surface area contributed by atoms with E-state index in [4.69, 9.17) is 10.5 Å². The minimum atomic E-state index is -0.432. The molecule has 2 N–H and O–H groups in total. The Morgan fingerprint density at radius 1 is 1.00 bits per heavy atom. The number of carbonyl (C=O) groups excluding carboxylic acids is 1. The van der Waals surface area contributed by atoms with E-state index in [1.807, 2.05) is 36.4 Å². The van der Waals surface area contributed by atoms with E-state index in [9.17, 15) is 4.79 Å². The largest absolute Gasteiger partial charge is 0.445 e. The first-order valence-electron chi connectivity index (χ1n) is 7.38. The Morgan fingerprint density at radius 3 is 1.82 bits per heavy atom. The molecule has 0 saturated carbocycles. The van der Waals surface area contributed by atoms with Crippen molar-refractivity contribution in [3.63, 3.8) is 0 Å². The van der Waals surface area contributed by atoms with Crippen LogP contribution in [0.25, 0.3) is 0 Å². The monoisotopic (exact) mass is 298 g/mol. The van der Waals surface area contributed by atoms with Crippen LogP contribution >= 0.6 is 0 Å². The number of hydrogen-bond acceptors (Lipinski definition) is 4. The van der Waals surface area contributed by atoms with E-state index in [1.165, 1.54) is 6.92 Å². The third-order valence-electron chi connectivity index (χ3n) is 3.37. The summed E-state index contributed by atoms with van der Waals surface area (Å²) in [6.45, 7) is 3.01. The zero-order valence-corrected chi connectivity index (χ0v) is 12.8. The highest BCUT2D eigenvalue weighted by molar-refractivity contribution is 5.66. The first-order valence-corrected chi connectivity index (χ1v) is 7.38. The molecule has 2 aromatic rings. The third kappa shape index (κ3) is 4.98. The second-order valence-electron chi connectivity index (χ2n) is 5.18. The van der Waals surface area contributed by atoms with E-state index in [-0.39, 0.29) is 12.5 Å². The van der Waals surface area contributed by atoms with Gasteiger partial charge >= 0.3 is 5.97 Å². The summed E-state index contributed by atoms with van der Waals surface area (Å²) in [5.41, 5.74) is 8.12. The van der Waals surface area contributed by atoms with E-state index < -0.39 is 6.23 Å². The maximum Gasteiger partial charge on any atom is 0.304 e. The molecule has 0 aliphatic carbocycles. The minimum absolute atomic E-state index is 0.263. The van der Waals surface area contributed by atoms with Crippen LogP contribution in [-0.2, 0) is 22.6 Å². The van der Waals surface area contributed by atoms with Crippen molar-refractivity contribution in [3.05, 3.63) is 71.8 Å². The molecule has 0 saturated heterocycles. The van der Waals surface area contributed by atoms with Gasteiger partial charge in [0.1, 0.15) is 0 Å². The Hall–Kier alpha value is -2.17. The summed E-state index contributed by atoms with van der Waals surface area (Å²) >= 11 is 0. The lowest BCUT2D eigenvalue weighted by atomic mass is 10.1. The fraction of sp³-hybridized carbons (Fsp3) is 0.278. The maximum absolute atomic E-state index is 11.3. The molecule has 0 spiro atoms. The topological polar surface area (TPSA) is 55.6 Å². The van der Waals surface area contributed by atoms with Crippen LogP contribution in [0.5, 0.6) is 0 Å². The lowest BCUT2D eigenvalue weighted by Crippen LogP contribution is -2.42. The highest BCUT2D eigenvalue weighted by atomic mass is 16.6. The summed E-state index contributed by atoms with van der Waals surface area (Å²) in [5, 5.41) is 0. The van der Waals surface area contributed by atoms with Crippen molar-refractivity contribution >= 4 is 5.97 Å². The van der Waals surface area contributed by atoms with Crippen molar-refractivity contribution in [2.45, 2.75) is 26.2 Å². The van der Waals surface area contributed by atoms with Crippen LogP contribution in [0.2, 0.25) is 0 Å². The Kier molecular flexibility index (Phi) is 6.13. The summed E-state index contributed by atoms with van der Waals surface area (Å²) in [6, 6.07) is 20.2. The van der Waals surface area contributed by atoms with Gasteiger partial charge in [0.2, 0.25) is 0 Å². The van der Waals surface area contributed by atoms with Gasteiger partial charge in [0.15, 0.2) is 6.23 Å². The number of ether oxygens (including phenoxy) is 1. The van der Waals surface area contributed by atoms with Crippen molar-refractivity contribution < 1.29 is 9.53 Å². The molecular weight excluding hydrogens is 276 g/mol. The van der Waals surface area contributed by atoms with E-state index in [0.29, 0.717) is 13.1 Å². The summed E-state index contributed by atoms with van der Waals surface area (Å²) < 4.78 is 5.37. The summed E-state index contributed by atoms with van der Waals surface area (Å²) in [4.78, 5) is 13.4. The maximum atomic E-state index is 11.3. The summed E-state index contributed by atoms with van der Waals surface area (Å²) in [5.74, 6) is -0.318. The molecule has 0 amide bonds. The number of nitrogens with two attached hydrogens (primary N) is 1. The van der Waals surface area contributed by atoms with Gasteiger partial charge in [0.05, 0.1) is 0 Å². The normalized spacial score (nSPS) is 12.1. The number of rotatable bonds is 7. The second-order valence-corrected chi connectivity index (χ2v) is 5.18. The van der Waals surface area contributed by atoms with Crippen molar-refractivity contribution in [1.29, 1.82) is 0 Å². The average Bonchev–Trinajstić information content (AvgIpc) is 2.54. The summed E-state index contributed by atoms with van der Waals surface area (Å²) in [6.07, 6.45) is -0.432. The number of esters is 1. The average molecular weight is 298 g/mol. The van der Waals surface area contributed by atoms with Crippen LogP contribution in [0.1, 0.15) is 18.1 Å². The van der Waals surface area contributed by atoms with Crippen molar-refractivity contribution in [3.8, 4) is 0 Å². The molecule has 22 heavy (non-hydrogen) atoms. The van der Waals surface area contributed by atoms with E-state index in [1.54, 1.807) is 0 Å². The molecule has 4 nitrogen and oxygen atoms in total. The highest BCUT2D eigenvalue weighted by Gasteiger charge is 2.20. The van der Waals surface area contributed by atoms with Gasteiger partial charge in [0, 0.05) is 26.6 Å². The molecule has 0 aromatic heterocycles. The Bertz CT molecular complexity index is 531. The molecule has 1 unspecified atom stereocenters. The van der Waals surface area contributed by atoms with Gasteiger partial charge in [-0.3, -0.25) is 9.69 Å². The predicted molar refractivity (Wildman–Crippen MR) is 86.7 cm³/mol. The quantitative estimate of drug-likeness (QED) is 0.630. The van der Waals surface area contributed by atoms with Crippen molar-refractivity contribution in [2.24, 2.45) is 5.73 Å². The van der Waals surface area contributed by atoms with Gasteiger partial charge in [0.25, 0.3) is 0 Å². The third-order valence-corrected chi connectivity index (χ3v) is 3.37. The fourth-order valence-electron chi connectivity index (χ4n) is 2.36. The Morgan fingerprint density at radius 2 is 1.45 bits per heavy atom. The first-order chi connectivity index (χ1) is 10.7. The molecule has 4 heteroatoms. The molecule has 0 fully saturated rings. The molecule has 1 atom stereocenters. The molecule has 0 aliphatic heterocycles. The number of carbonyl (C=O) groups is 1. The van der Waals surface area contributed by atoms with Gasteiger partial charge < -0.3 is 10.5 Å². The van der Waals surface area contributed by atoms with Crippen LogP contribution in [-0.4, -0.2) is 23.6 Å². The van der Waals surface area contributed by atoms with E-state index in [0.717, 1.165) is 11.1 Å². The van der Waals surface area contributed by atoms with Crippen LogP contribution in [0.4, 0.5) is 0 Å². The van der Waals surface area contributed by atoms with E-state index >= 15 is 0 Å². The summed E-state index contributed by atoms with van der Waals surface area (Å²) in [7, 11) is 0. The second kappa shape index (κ2) is 8.32. The van der Waals surface area contributed by atoms with Crippen molar-refractivity contribution in [1.82, 2.24) is 4.90 Å². The lowest BCUT2D eigenvalue weighted by Gasteiger charge is -2.30. The molecule has 116 valence electrons. The Balaban J connectivity index is 2.17. The minimum Gasteiger partial charge on any atom is -0.445 e. The number of hydrogen-bond donors (Lipinski definition) is 1. The van der Waals surface area contributed by atoms with Crippen LogP contribution in [0, 0.1) is 0 Å². The molecule has 2 rings (SSSR count). The molecule has 2 aromatic carbocycles. The molecule has 0 aliphatic rings. The lowest BCUT2D eigenvalue weighted by molar-refractivity contribution is -0.157. The zero-order valence-electron chi connectivity index (χ0n) is 12.8. The predicted octanol–water partition coefficient (Wildman–Crippen LogP) is 2.54. The zero-order chi connectivity index (χ0) is 15.8. The van der Waals surface area contributed by atoms with Crippen LogP contribution in [0.3, 0.4) is 0 Å². The highest BCUT2D eigenvalue weighted by Crippen LogP contribution is 2.14. The Labute approximate surface area is 131 Å². The first kappa shape index (κ1) is 16.2. The van der Waals surface area contributed by atoms with E-state index in [2.05, 4.69) is 29.2 Å². The van der Waals surface area contributed by atoms with Crippen LogP contribution < -0.4 is 5.73 Å². The standard InChI is InChI=1S/C18H22N2O2/c1-15(21)22-18(12-19)20(13-16-8-4-2-5-9-16)14-17-10-6-3-7-11-17/h2-11,18H,12-14,19H2,1H3. The van der Waals surface area contributed by atoms with Gasteiger partial charge in [-0.2, -0.15) is 0 Å². The number of benzene rings is 2. The smallest absolute Gasteiger partial charge is 0.304 e. The van der Waals surface area contributed by atoms with Gasteiger partial charge in [-0.1, -0.05) is 60.7 Å². The SMILES string of the molecule is CC(=O)OC(CN)N(Cc1ccccc1)Cc1ccccc1. The van der Waals surface area contributed by atoms with Gasteiger partial charge in [-0.15, -0.1) is 0 Å². The molecule has 0 radical (unpaired) electrons. The number of nitrogens with zero attached hydrogens (tertiary/aromatic N) is 1. The molecular formula is C18H22N2O2. The molecule has 0 heterocycles.